The predicted octanol–water partition coefficient (Wildman–Crippen LogP) is 1.43. The molecule has 0 bridgehead atoms. The van der Waals surface area contributed by atoms with Gasteiger partial charge < -0.3 is 5.32 Å². The van der Waals surface area contributed by atoms with E-state index in [9.17, 15) is 4.79 Å². The second kappa shape index (κ2) is 5.53. The van der Waals surface area contributed by atoms with E-state index in [1.807, 2.05) is 19.2 Å². The molecule has 0 aliphatic carbocycles. The smallest absolute Gasteiger partial charge is 0.222 e. The van der Waals surface area contributed by atoms with Crippen molar-refractivity contribution < 1.29 is 4.79 Å². The van der Waals surface area contributed by atoms with E-state index in [1.165, 1.54) is 0 Å². The van der Waals surface area contributed by atoms with Gasteiger partial charge in [0, 0.05) is 31.4 Å². The normalized spacial score (nSPS) is 12.8. The molecule has 0 saturated heterocycles. The number of carbonyl (C=O) groups is 1. The summed E-state index contributed by atoms with van der Waals surface area (Å²) in [4.78, 5) is 11.5. The Balaban J connectivity index is 2.25. The van der Waals surface area contributed by atoms with Crippen LogP contribution in [0, 0.1) is 5.92 Å². The van der Waals surface area contributed by atoms with Crippen LogP contribution in [-0.4, -0.2) is 21.7 Å². The molecule has 0 unspecified atom stereocenters. The first-order valence-corrected chi connectivity index (χ1v) is 5.36. The molecule has 1 N–H and O–H groups in total. The van der Waals surface area contributed by atoms with E-state index in [0.717, 1.165) is 0 Å². The summed E-state index contributed by atoms with van der Waals surface area (Å²) < 4.78 is 1.76. The van der Waals surface area contributed by atoms with Crippen LogP contribution in [0.4, 0.5) is 0 Å². The maximum absolute atomic E-state index is 11.5. The standard InChI is InChI=1S/C11H19N3O/c1-9(2)10(3)13-11(15)5-8-14-7-4-6-12-14/h4,6-7,9-10H,5,8H2,1-3H3,(H,13,15)/t10-/m0/s1. The number of amides is 1. The zero-order valence-electron chi connectivity index (χ0n) is 9.60. The molecule has 84 valence electrons. The number of nitrogens with one attached hydrogen (secondary N) is 1. The van der Waals surface area contributed by atoms with Crippen LogP contribution in [0.3, 0.4) is 0 Å². The van der Waals surface area contributed by atoms with Crippen LogP contribution in [0.1, 0.15) is 27.2 Å². The molecular formula is C11H19N3O. The van der Waals surface area contributed by atoms with E-state index in [2.05, 4.69) is 24.3 Å². The van der Waals surface area contributed by atoms with Crippen molar-refractivity contribution in [3.05, 3.63) is 18.5 Å². The maximum Gasteiger partial charge on any atom is 0.222 e. The molecule has 15 heavy (non-hydrogen) atoms. The summed E-state index contributed by atoms with van der Waals surface area (Å²) in [5, 5.41) is 7.00. The summed E-state index contributed by atoms with van der Waals surface area (Å²) in [5.41, 5.74) is 0. The number of hydrogen-bond acceptors (Lipinski definition) is 2. The van der Waals surface area contributed by atoms with E-state index in [4.69, 9.17) is 0 Å². The largest absolute Gasteiger partial charge is 0.353 e. The van der Waals surface area contributed by atoms with Crippen molar-refractivity contribution in [2.75, 3.05) is 0 Å². The van der Waals surface area contributed by atoms with Gasteiger partial charge in [0.2, 0.25) is 5.91 Å². The highest BCUT2D eigenvalue weighted by Crippen LogP contribution is 2.00. The Morgan fingerprint density at radius 2 is 2.20 bits per heavy atom. The van der Waals surface area contributed by atoms with E-state index in [1.54, 1.807) is 10.9 Å². The number of rotatable bonds is 5. The van der Waals surface area contributed by atoms with Crippen LogP contribution in [-0.2, 0) is 11.3 Å². The van der Waals surface area contributed by atoms with Gasteiger partial charge in [-0.3, -0.25) is 9.48 Å². The summed E-state index contributed by atoms with van der Waals surface area (Å²) in [5.74, 6) is 0.561. The second-order valence-corrected chi connectivity index (χ2v) is 4.12. The summed E-state index contributed by atoms with van der Waals surface area (Å²) in [6.45, 7) is 6.86. The van der Waals surface area contributed by atoms with Gasteiger partial charge in [0.1, 0.15) is 0 Å². The van der Waals surface area contributed by atoms with Crippen molar-refractivity contribution in [3.63, 3.8) is 0 Å². The van der Waals surface area contributed by atoms with Gasteiger partial charge in [0.15, 0.2) is 0 Å². The Morgan fingerprint density at radius 1 is 1.47 bits per heavy atom. The lowest BCUT2D eigenvalue weighted by Crippen LogP contribution is -2.36. The van der Waals surface area contributed by atoms with E-state index in [-0.39, 0.29) is 11.9 Å². The molecule has 1 atom stereocenters. The molecule has 4 heteroatoms. The lowest BCUT2D eigenvalue weighted by molar-refractivity contribution is -0.122. The molecule has 1 heterocycles. The SMILES string of the molecule is CC(C)[C@H](C)NC(=O)CCn1cccn1. The van der Waals surface area contributed by atoms with Crippen molar-refractivity contribution in [2.24, 2.45) is 5.92 Å². The fourth-order valence-corrected chi connectivity index (χ4v) is 1.14. The molecule has 1 aromatic heterocycles. The lowest BCUT2D eigenvalue weighted by Gasteiger charge is -2.17. The first-order valence-electron chi connectivity index (χ1n) is 5.36. The monoisotopic (exact) mass is 209 g/mol. The van der Waals surface area contributed by atoms with Crippen molar-refractivity contribution in [3.8, 4) is 0 Å². The molecule has 1 aromatic rings. The van der Waals surface area contributed by atoms with Crippen LogP contribution >= 0.6 is 0 Å². The quantitative estimate of drug-likeness (QED) is 0.797. The van der Waals surface area contributed by atoms with Crippen molar-refractivity contribution >= 4 is 5.91 Å². The Hall–Kier alpha value is -1.32. The van der Waals surface area contributed by atoms with Gasteiger partial charge in [-0.25, -0.2) is 0 Å². The van der Waals surface area contributed by atoms with Crippen molar-refractivity contribution in [1.82, 2.24) is 15.1 Å². The highest BCUT2D eigenvalue weighted by atomic mass is 16.1. The van der Waals surface area contributed by atoms with Crippen LogP contribution in [0.15, 0.2) is 18.5 Å². The topological polar surface area (TPSA) is 46.9 Å². The summed E-state index contributed by atoms with van der Waals surface area (Å²) in [7, 11) is 0. The minimum atomic E-state index is 0.0895. The van der Waals surface area contributed by atoms with Crippen LogP contribution in [0.2, 0.25) is 0 Å². The highest BCUT2D eigenvalue weighted by molar-refractivity contribution is 5.76. The van der Waals surface area contributed by atoms with Gasteiger partial charge in [-0.05, 0) is 18.9 Å². The lowest BCUT2D eigenvalue weighted by atomic mass is 10.1. The minimum absolute atomic E-state index is 0.0895. The Morgan fingerprint density at radius 3 is 2.73 bits per heavy atom. The van der Waals surface area contributed by atoms with Gasteiger partial charge >= 0.3 is 0 Å². The van der Waals surface area contributed by atoms with Gasteiger partial charge in [0.25, 0.3) is 0 Å². The third kappa shape index (κ3) is 4.14. The maximum atomic E-state index is 11.5. The average Bonchev–Trinajstić information content (AvgIpc) is 2.66. The number of hydrogen-bond donors (Lipinski definition) is 1. The molecule has 4 nitrogen and oxygen atoms in total. The molecular weight excluding hydrogens is 190 g/mol. The van der Waals surface area contributed by atoms with E-state index < -0.39 is 0 Å². The molecule has 0 radical (unpaired) electrons. The zero-order valence-corrected chi connectivity index (χ0v) is 9.60. The van der Waals surface area contributed by atoms with Crippen molar-refractivity contribution in [1.29, 1.82) is 0 Å². The molecule has 1 amide bonds. The molecule has 1 rings (SSSR count). The predicted molar refractivity (Wildman–Crippen MR) is 59.3 cm³/mol. The Labute approximate surface area is 90.7 Å². The fraction of sp³-hybridized carbons (Fsp3) is 0.636. The van der Waals surface area contributed by atoms with Crippen molar-refractivity contribution in [2.45, 2.75) is 39.8 Å². The van der Waals surface area contributed by atoms with E-state index in [0.29, 0.717) is 18.9 Å². The average molecular weight is 209 g/mol. The third-order valence-corrected chi connectivity index (χ3v) is 2.52. The van der Waals surface area contributed by atoms with Gasteiger partial charge in [-0.15, -0.1) is 0 Å². The number of aryl methyl sites for hydroxylation is 1. The van der Waals surface area contributed by atoms with Crippen LogP contribution in [0.5, 0.6) is 0 Å². The van der Waals surface area contributed by atoms with Gasteiger partial charge in [0.05, 0.1) is 0 Å². The second-order valence-electron chi connectivity index (χ2n) is 4.12. The van der Waals surface area contributed by atoms with Crippen LogP contribution in [0.25, 0.3) is 0 Å². The molecule has 0 saturated carbocycles. The first kappa shape index (κ1) is 11.8. The molecule has 0 spiro atoms. The molecule has 0 aromatic carbocycles. The number of carbonyl (C=O) groups excluding carboxylic acids is 1. The molecule has 0 fully saturated rings. The molecule has 0 aliphatic rings. The highest BCUT2D eigenvalue weighted by Gasteiger charge is 2.10. The first-order chi connectivity index (χ1) is 7.09. The van der Waals surface area contributed by atoms with Gasteiger partial charge in [-0.2, -0.15) is 5.10 Å². The minimum Gasteiger partial charge on any atom is -0.353 e. The number of nitrogens with zero attached hydrogens (tertiary/aromatic N) is 2. The van der Waals surface area contributed by atoms with E-state index >= 15 is 0 Å². The van der Waals surface area contributed by atoms with Crippen LogP contribution < -0.4 is 5.32 Å². The summed E-state index contributed by atoms with van der Waals surface area (Å²) >= 11 is 0. The summed E-state index contributed by atoms with van der Waals surface area (Å²) in [6.07, 6.45) is 4.06. The third-order valence-electron chi connectivity index (χ3n) is 2.52. The zero-order chi connectivity index (χ0) is 11.3. The fourth-order valence-electron chi connectivity index (χ4n) is 1.14. The Kier molecular flexibility index (Phi) is 4.34. The Bertz CT molecular complexity index is 293. The summed E-state index contributed by atoms with van der Waals surface area (Å²) in [6, 6.07) is 2.09. The van der Waals surface area contributed by atoms with Gasteiger partial charge in [-0.1, -0.05) is 13.8 Å². The number of aromatic nitrogens is 2. The molecule has 0 aliphatic heterocycles.